The second kappa shape index (κ2) is 9.26. The maximum atomic E-state index is 13.4. The molecule has 3 aromatic rings. The number of aryl methyl sites for hydroxylation is 1. The van der Waals surface area contributed by atoms with Crippen LogP contribution in [0.15, 0.2) is 36.4 Å². The predicted molar refractivity (Wildman–Crippen MR) is 136 cm³/mol. The van der Waals surface area contributed by atoms with Crippen LogP contribution in [0.25, 0.3) is 22.0 Å². The Labute approximate surface area is 213 Å². The van der Waals surface area contributed by atoms with E-state index in [0.29, 0.717) is 44.6 Å². The molecule has 1 saturated heterocycles. The van der Waals surface area contributed by atoms with Crippen LogP contribution in [0.2, 0.25) is 10.0 Å². The highest BCUT2D eigenvalue weighted by atomic mass is 35.5. The molecular weight excluding hydrogens is 489 g/mol. The molecule has 1 fully saturated rings. The number of hydrogen-bond acceptors (Lipinski definition) is 6. The monoisotopic (exact) mass is 515 g/mol. The molecule has 0 spiro atoms. The number of nitrogens with one attached hydrogen (secondary N) is 1. The Balaban J connectivity index is 2.06. The Kier molecular flexibility index (Phi) is 6.66. The maximum absolute atomic E-state index is 13.4. The van der Waals surface area contributed by atoms with Gasteiger partial charge in [-0.05, 0) is 63.1 Å². The Morgan fingerprint density at radius 1 is 1.11 bits per heavy atom. The molecule has 1 aromatic heterocycles. The van der Waals surface area contributed by atoms with E-state index < -0.39 is 23.1 Å². The average Bonchev–Trinajstić information content (AvgIpc) is 2.76. The van der Waals surface area contributed by atoms with Gasteiger partial charge in [0.2, 0.25) is 0 Å². The third-order valence-electron chi connectivity index (χ3n) is 5.80. The Bertz CT molecular complexity index is 1300. The van der Waals surface area contributed by atoms with E-state index in [-0.39, 0.29) is 13.1 Å². The highest BCUT2D eigenvalue weighted by molar-refractivity contribution is 6.32. The number of ether oxygens (including phenoxy) is 1. The van der Waals surface area contributed by atoms with Crippen LogP contribution < -0.4 is 11.1 Å². The second-order valence-corrected chi connectivity index (χ2v) is 10.4. The van der Waals surface area contributed by atoms with Gasteiger partial charge in [-0.25, -0.2) is 14.8 Å². The van der Waals surface area contributed by atoms with E-state index in [2.05, 4.69) is 10.3 Å². The first-order valence-corrected chi connectivity index (χ1v) is 11.9. The molecule has 1 atom stereocenters. The molecule has 2 aromatic carbocycles. The summed E-state index contributed by atoms with van der Waals surface area (Å²) in [6.45, 7) is 7.75. The van der Waals surface area contributed by atoms with Crippen LogP contribution in [-0.2, 0) is 15.1 Å². The maximum Gasteiger partial charge on any atom is 0.411 e. The third kappa shape index (κ3) is 4.78. The number of halogens is 2. The van der Waals surface area contributed by atoms with Crippen molar-refractivity contribution >= 4 is 46.1 Å². The highest BCUT2D eigenvalue weighted by Gasteiger charge is 2.52. The van der Waals surface area contributed by atoms with Crippen molar-refractivity contribution in [1.29, 1.82) is 0 Å². The topological polar surface area (TPSA) is 110 Å². The van der Waals surface area contributed by atoms with Gasteiger partial charge in [0.1, 0.15) is 11.4 Å². The zero-order chi connectivity index (χ0) is 25.5. The molecule has 35 heavy (non-hydrogen) atoms. The van der Waals surface area contributed by atoms with Crippen molar-refractivity contribution in [3.8, 4) is 11.1 Å². The first-order valence-electron chi connectivity index (χ1n) is 11.2. The summed E-state index contributed by atoms with van der Waals surface area (Å²) in [7, 11) is 0. The summed E-state index contributed by atoms with van der Waals surface area (Å²) in [5.74, 6) is -0.320. The van der Waals surface area contributed by atoms with Crippen LogP contribution >= 0.6 is 23.2 Å². The fourth-order valence-corrected chi connectivity index (χ4v) is 4.70. The predicted octanol–water partition coefficient (Wildman–Crippen LogP) is 4.43. The average molecular weight is 516 g/mol. The van der Waals surface area contributed by atoms with Gasteiger partial charge in [-0.3, -0.25) is 9.69 Å². The largest absolute Gasteiger partial charge is 0.444 e. The minimum absolute atomic E-state index is 0.0653. The quantitative estimate of drug-likeness (QED) is 0.533. The molecule has 2 heterocycles. The van der Waals surface area contributed by atoms with Gasteiger partial charge >= 0.3 is 6.09 Å². The number of carbonyl (C=O) groups is 2. The van der Waals surface area contributed by atoms with Gasteiger partial charge in [0.05, 0.1) is 11.2 Å². The van der Waals surface area contributed by atoms with Crippen molar-refractivity contribution in [2.75, 3.05) is 19.6 Å². The minimum atomic E-state index is -1.62. The fourth-order valence-electron chi connectivity index (χ4n) is 4.36. The van der Waals surface area contributed by atoms with Gasteiger partial charge in [-0.2, -0.15) is 0 Å². The molecule has 3 N–H and O–H groups in total. The summed E-state index contributed by atoms with van der Waals surface area (Å²) in [6, 6.07) is 10.7. The lowest BCUT2D eigenvalue weighted by molar-refractivity contribution is -0.132. The number of nitrogens with zero attached hydrogens (tertiary/aromatic N) is 3. The van der Waals surface area contributed by atoms with Gasteiger partial charge in [0, 0.05) is 35.1 Å². The molecule has 1 aliphatic heterocycles. The molecular formula is C25H27Cl2N5O3. The minimum Gasteiger partial charge on any atom is -0.444 e. The second-order valence-electron chi connectivity index (χ2n) is 9.51. The smallest absolute Gasteiger partial charge is 0.411 e. The lowest BCUT2D eigenvalue weighted by Crippen LogP contribution is -2.67. The summed E-state index contributed by atoms with van der Waals surface area (Å²) in [5, 5.41) is 4.82. The van der Waals surface area contributed by atoms with E-state index in [4.69, 9.17) is 38.7 Å². The Hall–Kier alpha value is -2.94. The van der Waals surface area contributed by atoms with Crippen molar-refractivity contribution in [3.63, 3.8) is 0 Å². The van der Waals surface area contributed by atoms with E-state index in [1.165, 1.54) is 4.90 Å². The molecule has 10 heteroatoms. The number of piperazine rings is 1. The first kappa shape index (κ1) is 25.2. The van der Waals surface area contributed by atoms with E-state index in [0.717, 1.165) is 5.56 Å². The summed E-state index contributed by atoms with van der Waals surface area (Å²) in [4.78, 5) is 37.3. The van der Waals surface area contributed by atoms with Crippen molar-refractivity contribution < 1.29 is 14.3 Å². The molecule has 2 amide bonds. The Morgan fingerprint density at radius 3 is 2.43 bits per heavy atom. The molecule has 8 nitrogen and oxygen atoms in total. The van der Waals surface area contributed by atoms with Crippen LogP contribution in [0.4, 0.5) is 4.79 Å². The van der Waals surface area contributed by atoms with Crippen LogP contribution in [0, 0.1) is 6.92 Å². The number of hydrogen-bond donors (Lipinski definition) is 2. The van der Waals surface area contributed by atoms with Gasteiger partial charge in [-0.1, -0.05) is 35.3 Å². The lowest BCUT2D eigenvalue weighted by atomic mass is 9.85. The zero-order valence-electron chi connectivity index (χ0n) is 20.0. The van der Waals surface area contributed by atoms with E-state index in [9.17, 15) is 9.59 Å². The number of aromatic nitrogens is 2. The van der Waals surface area contributed by atoms with E-state index in [1.807, 2.05) is 12.1 Å². The van der Waals surface area contributed by atoms with Crippen molar-refractivity contribution in [1.82, 2.24) is 20.2 Å². The van der Waals surface area contributed by atoms with Crippen LogP contribution in [0.3, 0.4) is 0 Å². The van der Waals surface area contributed by atoms with Gasteiger partial charge < -0.3 is 15.8 Å². The van der Waals surface area contributed by atoms with Crippen molar-refractivity contribution in [3.05, 3.63) is 58.0 Å². The molecule has 0 bridgehead atoms. The highest BCUT2D eigenvalue weighted by Crippen LogP contribution is 2.40. The SMILES string of the molecule is Cc1nc(C2(C(N)=O)CNCCN2C(=O)OC(C)(C)C)c2c(-c3ccc(Cl)cc3)cc(Cl)cc2n1. The zero-order valence-corrected chi connectivity index (χ0v) is 21.5. The molecule has 0 saturated carbocycles. The summed E-state index contributed by atoms with van der Waals surface area (Å²) in [6.07, 6.45) is -0.649. The summed E-state index contributed by atoms with van der Waals surface area (Å²) >= 11 is 12.6. The molecule has 1 aliphatic rings. The van der Waals surface area contributed by atoms with Gasteiger partial charge in [-0.15, -0.1) is 0 Å². The normalized spacial score (nSPS) is 18.5. The van der Waals surface area contributed by atoms with Gasteiger partial charge in [0.15, 0.2) is 5.54 Å². The summed E-state index contributed by atoms with van der Waals surface area (Å²) < 4.78 is 5.67. The number of primary amides is 1. The Morgan fingerprint density at radius 2 is 1.80 bits per heavy atom. The molecule has 0 radical (unpaired) electrons. The van der Waals surface area contributed by atoms with Crippen molar-refractivity contribution in [2.45, 2.75) is 38.8 Å². The third-order valence-corrected chi connectivity index (χ3v) is 6.27. The van der Waals surface area contributed by atoms with Crippen LogP contribution in [-0.4, -0.2) is 52.1 Å². The fraction of sp³-hybridized carbons (Fsp3) is 0.360. The number of rotatable bonds is 3. The standard InChI is InChI=1S/C25H27Cl2N5O3/c1-14-30-19-12-17(27)11-18(15-5-7-16(26)8-6-15)20(19)21(31-14)25(22(28)33)13-29-9-10-32(25)23(34)35-24(2,3)4/h5-8,11-12,29H,9-10,13H2,1-4H3,(H2,28,33). The molecule has 1 unspecified atom stereocenters. The van der Waals surface area contributed by atoms with E-state index >= 15 is 0 Å². The van der Waals surface area contributed by atoms with Crippen LogP contribution in [0.1, 0.15) is 32.3 Å². The van der Waals surface area contributed by atoms with Gasteiger partial charge in [0.25, 0.3) is 5.91 Å². The number of fused-ring (bicyclic) bond motifs is 1. The van der Waals surface area contributed by atoms with E-state index in [1.54, 1.807) is 52.0 Å². The summed E-state index contributed by atoms with van der Waals surface area (Å²) in [5.41, 5.74) is 6.01. The molecule has 0 aliphatic carbocycles. The number of nitrogens with two attached hydrogens (primary N) is 1. The lowest BCUT2D eigenvalue weighted by Gasteiger charge is -2.45. The molecule has 184 valence electrons. The van der Waals surface area contributed by atoms with Crippen molar-refractivity contribution in [2.24, 2.45) is 5.73 Å². The number of carbonyl (C=O) groups excluding carboxylic acids is 2. The van der Waals surface area contributed by atoms with Crippen LogP contribution in [0.5, 0.6) is 0 Å². The first-order chi connectivity index (χ1) is 16.4. The number of amides is 2. The number of benzene rings is 2. The molecule has 4 rings (SSSR count).